The normalized spacial score (nSPS) is 22.6. The van der Waals surface area contributed by atoms with Crippen LogP contribution in [0.3, 0.4) is 0 Å². The molecular formula is C12H15F2NO. The van der Waals surface area contributed by atoms with Crippen LogP contribution in [0, 0.1) is 0 Å². The Hall–Kier alpha value is -1.00. The predicted octanol–water partition coefficient (Wildman–Crippen LogP) is 2.41. The van der Waals surface area contributed by atoms with E-state index < -0.39 is 12.5 Å². The minimum Gasteiger partial charge on any atom is -0.387 e. The second-order valence-corrected chi connectivity index (χ2v) is 4.12. The molecule has 2 nitrogen and oxygen atoms in total. The minimum atomic E-state index is -2.48. The van der Waals surface area contributed by atoms with Crippen molar-refractivity contribution in [2.24, 2.45) is 0 Å². The van der Waals surface area contributed by atoms with Crippen LogP contribution in [0.2, 0.25) is 0 Å². The van der Waals surface area contributed by atoms with Gasteiger partial charge in [-0.2, -0.15) is 0 Å². The molecule has 1 heterocycles. The molecule has 0 aromatic heterocycles. The fourth-order valence-electron chi connectivity index (χ4n) is 2.09. The highest BCUT2D eigenvalue weighted by Gasteiger charge is 2.24. The van der Waals surface area contributed by atoms with Crippen LogP contribution in [-0.2, 0) is 0 Å². The van der Waals surface area contributed by atoms with Crippen LogP contribution in [0.5, 0.6) is 0 Å². The third kappa shape index (κ3) is 2.39. The number of hydrogen-bond acceptors (Lipinski definition) is 2. The molecule has 0 bridgehead atoms. The lowest BCUT2D eigenvalue weighted by Gasteiger charge is -2.19. The molecule has 0 saturated carbocycles. The molecular weight excluding hydrogens is 212 g/mol. The molecule has 2 atom stereocenters. The van der Waals surface area contributed by atoms with Crippen molar-refractivity contribution in [2.45, 2.75) is 31.4 Å². The standard InChI is InChI=1S/C12H15F2NO/c13-12(14)9-4-1-3-8(7-9)11(16)10-5-2-6-15-10/h1,3-4,7,10-12,15-16H,2,5-6H2. The van der Waals surface area contributed by atoms with E-state index in [9.17, 15) is 13.9 Å². The van der Waals surface area contributed by atoms with Gasteiger partial charge in [0.1, 0.15) is 0 Å². The highest BCUT2D eigenvalue weighted by Crippen LogP contribution is 2.26. The lowest BCUT2D eigenvalue weighted by molar-refractivity contribution is 0.134. The number of aliphatic hydroxyl groups excluding tert-OH is 1. The fraction of sp³-hybridized carbons (Fsp3) is 0.500. The Bertz CT molecular complexity index is 351. The zero-order chi connectivity index (χ0) is 11.5. The van der Waals surface area contributed by atoms with Crippen molar-refractivity contribution >= 4 is 0 Å². The van der Waals surface area contributed by atoms with Crippen molar-refractivity contribution in [2.75, 3.05) is 6.54 Å². The van der Waals surface area contributed by atoms with Crippen LogP contribution >= 0.6 is 0 Å². The summed E-state index contributed by atoms with van der Waals surface area (Å²) >= 11 is 0. The highest BCUT2D eigenvalue weighted by atomic mass is 19.3. The molecule has 1 aliphatic heterocycles. The monoisotopic (exact) mass is 227 g/mol. The zero-order valence-electron chi connectivity index (χ0n) is 8.87. The Labute approximate surface area is 93.3 Å². The van der Waals surface area contributed by atoms with Gasteiger partial charge in [0.15, 0.2) is 0 Å². The summed E-state index contributed by atoms with van der Waals surface area (Å²) in [7, 11) is 0. The lowest BCUT2D eigenvalue weighted by atomic mass is 9.99. The quantitative estimate of drug-likeness (QED) is 0.831. The van der Waals surface area contributed by atoms with E-state index >= 15 is 0 Å². The molecule has 0 spiro atoms. The molecule has 1 aromatic carbocycles. The Morgan fingerprint density at radius 2 is 2.06 bits per heavy atom. The maximum atomic E-state index is 12.5. The van der Waals surface area contributed by atoms with Crippen LogP contribution in [0.4, 0.5) is 8.78 Å². The van der Waals surface area contributed by atoms with Crippen LogP contribution in [0.25, 0.3) is 0 Å². The second kappa shape index (κ2) is 4.89. The van der Waals surface area contributed by atoms with Crippen molar-refractivity contribution in [3.05, 3.63) is 35.4 Å². The van der Waals surface area contributed by atoms with E-state index in [1.807, 2.05) is 0 Å². The number of rotatable bonds is 3. The van der Waals surface area contributed by atoms with E-state index in [1.165, 1.54) is 12.1 Å². The molecule has 2 rings (SSSR count). The van der Waals surface area contributed by atoms with Crippen LogP contribution < -0.4 is 5.32 Å². The SMILES string of the molecule is OC(c1cccc(C(F)F)c1)C1CCCN1. The third-order valence-corrected chi connectivity index (χ3v) is 2.98. The number of alkyl halides is 2. The molecule has 0 aliphatic carbocycles. The summed E-state index contributed by atoms with van der Waals surface area (Å²) < 4.78 is 25.0. The second-order valence-electron chi connectivity index (χ2n) is 4.12. The lowest BCUT2D eigenvalue weighted by Crippen LogP contribution is -2.28. The van der Waals surface area contributed by atoms with Gasteiger partial charge >= 0.3 is 0 Å². The van der Waals surface area contributed by atoms with Gasteiger partial charge < -0.3 is 10.4 Å². The fourth-order valence-corrected chi connectivity index (χ4v) is 2.09. The Balaban J connectivity index is 2.15. The molecule has 2 unspecified atom stereocenters. The molecule has 1 aliphatic rings. The summed E-state index contributed by atoms with van der Waals surface area (Å²) in [6.45, 7) is 0.885. The maximum Gasteiger partial charge on any atom is 0.263 e. The topological polar surface area (TPSA) is 32.3 Å². The predicted molar refractivity (Wildman–Crippen MR) is 57.4 cm³/mol. The highest BCUT2D eigenvalue weighted by molar-refractivity contribution is 5.27. The molecule has 2 N–H and O–H groups in total. The number of nitrogens with one attached hydrogen (secondary N) is 1. The number of hydrogen-bond donors (Lipinski definition) is 2. The van der Waals surface area contributed by atoms with Gasteiger partial charge in [-0.1, -0.05) is 18.2 Å². The molecule has 1 aromatic rings. The summed E-state index contributed by atoms with van der Waals surface area (Å²) in [5, 5.41) is 13.2. The van der Waals surface area contributed by atoms with Crippen LogP contribution in [0.15, 0.2) is 24.3 Å². The van der Waals surface area contributed by atoms with Crippen molar-refractivity contribution < 1.29 is 13.9 Å². The van der Waals surface area contributed by atoms with Gasteiger partial charge in [0.25, 0.3) is 6.43 Å². The molecule has 0 amide bonds. The minimum absolute atomic E-state index is 0.00655. The first-order valence-electron chi connectivity index (χ1n) is 5.48. The van der Waals surface area contributed by atoms with E-state index in [-0.39, 0.29) is 11.6 Å². The summed E-state index contributed by atoms with van der Waals surface area (Å²) in [6.07, 6.45) is -1.26. The average Bonchev–Trinajstić information content (AvgIpc) is 2.81. The first-order valence-corrected chi connectivity index (χ1v) is 5.48. The summed E-state index contributed by atoms with van der Waals surface area (Å²) in [5.74, 6) is 0. The average molecular weight is 227 g/mol. The number of halogens is 2. The first kappa shape index (κ1) is 11.5. The van der Waals surface area contributed by atoms with Crippen molar-refractivity contribution in [1.29, 1.82) is 0 Å². The van der Waals surface area contributed by atoms with Crippen LogP contribution in [-0.4, -0.2) is 17.7 Å². The van der Waals surface area contributed by atoms with Gasteiger partial charge in [-0.15, -0.1) is 0 Å². The Morgan fingerprint density at radius 1 is 1.31 bits per heavy atom. The van der Waals surface area contributed by atoms with E-state index in [0.717, 1.165) is 19.4 Å². The van der Waals surface area contributed by atoms with Gasteiger partial charge in [-0.3, -0.25) is 0 Å². The van der Waals surface area contributed by atoms with E-state index in [0.29, 0.717) is 5.56 Å². The van der Waals surface area contributed by atoms with E-state index in [1.54, 1.807) is 12.1 Å². The number of aliphatic hydroxyl groups is 1. The van der Waals surface area contributed by atoms with Gasteiger partial charge in [-0.25, -0.2) is 8.78 Å². The molecule has 16 heavy (non-hydrogen) atoms. The third-order valence-electron chi connectivity index (χ3n) is 2.98. The summed E-state index contributed by atoms with van der Waals surface area (Å²) in [6, 6.07) is 6.01. The van der Waals surface area contributed by atoms with E-state index in [2.05, 4.69) is 5.32 Å². The van der Waals surface area contributed by atoms with Gasteiger partial charge in [-0.05, 0) is 31.0 Å². The number of benzene rings is 1. The summed E-state index contributed by atoms with van der Waals surface area (Å²) in [5.41, 5.74) is 0.534. The first-order chi connectivity index (χ1) is 7.68. The van der Waals surface area contributed by atoms with Crippen molar-refractivity contribution in [3.8, 4) is 0 Å². The molecule has 88 valence electrons. The van der Waals surface area contributed by atoms with Gasteiger partial charge in [0.05, 0.1) is 6.10 Å². The molecule has 1 saturated heterocycles. The van der Waals surface area contributed by atoms with Gasteiger partial charge in [0, 0.05) is 11.6 Å². The largest absolute Gasteiger partial charge is 0.387 e. The van der Waals surface area contributed by atoms with Gasteiger partial charge in [0.2, 0.25) is 0 Å². The Morgan fingerprint density at radius 3 is 2.69 bits per heavy atom. The summed E-state index contributed by atoms with van der Waals surface area (Å²) in [4.78, 5) is 0. The molecule has 1 fully saturated rings. The smallest absolute Gasteiger partial charge is 0.263 e. The Kier molecular flexibility index (Phi) is 3.51. The maximum absolute atomic E-state index is 12.5. The molecule has 0 radical (unpaired) electrons. The molecule has 4 heteroatoms. The van der Waals surface area contributed by atoms with Crippen LogP contribution in [0.1, 0.15) is 36.5 Å². The van der Waals surface area contributed by atoms with Crippen molar-refractivity contribution in [1.82, 2.24) is 5.32 Å². The van der Waals surface area contributed by atoms with E-state index in [4.69, 9.17) is 0 Å². The zero-order valence-corrected chi connectivity index (χ0v) is 8.87. The van der Waals surface area contributed by atoms with Crippen molar-refractivity contribution in [3.63, 3.8) is 0 Å².